The molecular weight excluding hydrogens is 398 g/mol. The van der Waals surface area contributed by atoms with Crippen LogP contribution >= 0.6 is 0 Å². The largest absolute Gasteiger partial charge is 0.378 e. The summed E-state index contributed by atoms with van der Waals surface area (Å²) in [6.45, 7) is 2.24. The van der Waals surface area contributed by atoms with Crippen molar-refractivity contribution in [3.05, 3.63) is 35.4 Å². The van der Waals surface area contributed by atoms with Crippen LogP contribution in [0.25, 0.3) is 0 Å². The topological polar surface area (TPSA) is 113 Å². The van der Waals surface area contributed by atoms with Crippen molar-refractivity contribution in [2.45, 2.75) is 24.9 Å². The summed E-state index contributed by atoms with van der Waals surface area (Å²) < 4.78 is 28.6. The van der Waals surface area contributed by atoms with E-state index in [2.05, 4.69) is 5.32 Å². The molecule has 1 aromatic carbocycles. The summed E-state index contributed by atoms with van der Waals surface area (Å²) in [4.78, 5) is 40.6. The normalized spacial score (nSPS) is 23.3. The standard InChI is InChI=1S/C19H23N3O6S/c23-16(21-7-9-28-10-8-21)15-3-1-14(2-4-15)13-22-17(24)19(20-18(22)25)5-11-29(26,27)12-6-19/h1-4H,5-13H2,(H,20,25). The summed E-state index contributed by atoms with van der Waals surface area (Å²) in [5.41, 5.74) is 0.142. The van der Waals surface area contributed by atoms with Crippen molar-refractivity contribution in [2.75, 3.05) is 37.8 Å². The van der Waals surface area contributed by atoms with Gasteiger partial charge in [0.1, 0.15) is 5.54 Å². The number of ether oxygens (including phenoxy) is 1. The predicted molar refractivity (Wildman–Crippen MR) is 103 cm³/mol. The van der Waals surface area contributed by atoms with E-state index in [-0.39, 0.29) is 42.7 Å². The predicted octanol–water partition coefficient (Wildman–Crippen LogP) is 0.158. The molecule has 0 radical (unpaired) electrons. The minimum atomic E-state index is -3.15. The number of sulfone groups is 1. The van der Waals surface area contributed by atoms with Gasteiger partial charge < -0.3 is 15.0 Å². The van der Waals surface area contributed by atoms with E-state index in [1.807, 2.05) is 0 Å². The number of rotatable bonds is 3. The van der Waals surface area contributed by atoms with E-state index in [0.717, 1.165) is 4.90 Å². The first kappa shape index (κ1) is 19.8. The minimum absolute atomic E-state index is 0.0720. The van der Waals surface area contributed by atoms with Crippen LogP contribution in [0.1, 0.15) is 28.8 Å². The van der Waals surface area contributed by atoms with E-state index >= 15 is 0 Å². The Morgan fingerprint density at radius 3 is 2.31 bits per heavy atom. The molecule has 3 saturated heterocycles. The van der Waals surface area contributed by atoms with Crippen LogP contribution in [0.5, 0.6) is 0 Å². The maximum Gasteiger partial charge on any atom is 0.325 e. The molecule has 3 aliphatic heterocycles. The van der Waals surface area contributed by atoms with E-state index in [1.165, 1.54) is 0 Å². The van der Waals surface area contributed by atoms with Gasteiger partial charge in [0.25, 0.3) is 11.8 Å². The molecular formula is C19H23N3O6S. The van der Waals surface area contributed by atoms with Crippen LogP contribution in [0.3, 0.4) is 0 Å². The maximum atomic E-state index is 12.9. The maximum absolute atomic E-state index is 12.9. The van der Waals surface area contributed by atoms with E-state index in [9.17, 15) is 22.8 Å². The zero-order valence-corrected chi connectivity index (χ0v) is 16.7. The smallest absolute Gasteiger partial charge is 0.325 e. The first-order valence-electron chi connectivity index (χ1n) is 9.60. The van der Waals surface area contributed by atoms with Gasteiger partial charge in [-0.05, 0) is 30.5 Å². The third-order valence-corrected chi connectivity index (χ3v) is 7.42. The molecule has 1 N–H and O–H groups in total. The quantitative estimate of drug-likeness (QED) is 0.696. The summed E-state index contributed by atoms with van der Waals surface area (Å²) in [6, 6.07) is 6.32. The van der Waals surface area contributed by atoms with Crippen molar-refractivity contribution in [3.8, 4) is 0 Å². The van der Waals surface area contributed by atoms with Crippen LogP contribution in [0, 0.1) is 0 Å². The fourth-order valence-corrected chi connectivity index (χ4v) is 5.45. The van der Waals surface area contributed by atoms with Gasteiger partial charge in [-0.25, -0.2) is 13.2 Å². The van der Waals surface area contributed by atoms with Crippen LogP contribution in [0.4, 0.5) is 4.79 Å². The number of imide groups is 1. The van der Waals surface area contributed by atoms with E-state index in [4.69, 9.17) is 4.74 Å². The molecule has 4 amide bonds. The zero-order chi connectivity index (χ0) is 20.6. The van der Waals surface area contributed by atoms with Crippen LogP contribution in [0.2, 0.25) is 0 Å². The second-order valence-corrected chi connectivity index (χ2v) is 9.96. The summed E-state index contributed by atoms with van der Waals surface area (Å²) in [5, 5.41) is 2.70. The Kier molecular flexibility index (Phi) is 5.07. The van der Waals surface area contributed by atoms with Crippen LogP contribution in [-0.2, 0) is 25.9 Å². The first-order chi connectivity index (χ1) is 13.8. The molecule has 4 rings (SSSR count). The lowest BCUT2D eigenvalue weighted by molar-refractivity contribution is -0.132. The average molecular weight is 421 g/mol. The lowest BCUT2D eigenvalue weighted by atomic mass is 9.92. The van der Waals surface area contributed by atoms with Crippen LogP contribution in [0.15, 0.2) is 24.3 Å². The number of carbonyl (C=O) groups is 3. The van der Waals surface area contributed by atoms with Crippen molar-refractivity contribution in [2.24, 2.45) is 0 Å². The molecule has 3 aliphatic rings. The van der Waals surface area contributed by atoms with Crippen LogP contribution < -0.4 is 5.32 Å². The van der Waals surface area contributed by atoms with Crippen molar-refractivity contribution >= 4 is 27.7 Å². The molecule has 10 heteroatoms. The number of hydrogen-bond acceptors (Lipinski definition) is 6. The van der Waals surface area contributed by atoms with E-state index < -0.39 is 21.4 Å². The van der Waals surface area contributed by atoms with E-state index in [1.54, 1.807) is 29.2 Å². The van der Waals surface area contributed by atoms with Crippen molar-refractivity contribution in [3.63, 3.8) is 0 Å². The number of amides is 4. The highest BCUT2D eigenvalue weighted by Gasteiger charge is 2.53. The molecule has 0 aliphatic carbocycles. The lowest BCUT2D eigenvalue weighted by Gasteiger charge is -2.30. The Bertz CT molecular complexity index is 923. The number of nitrogens with one attached hydrogen (secondary N) is 1. The van der Waals surface area contributed by atoms with Gasteiger partial charge in [0.2, 0.25) is 0 Å². The molecule has 0 unspecified atom stereocenters. The number of benzene rings is 1. The molecule has 0 bridgehead atoms. The van der Waals surface area contributed by atoms with Crippen molar-refractivity contribution < 1.29 is 27.5 Å². The van der Waals surface area contributed by atoms with E-state index in [0.29, 0.717) is 37.4 Å². The summed E-state index contributed by atoms with van der Waals surface area (Å²) in [5.74, 6) is -0.667. The number of nitrogens with zero attached hydrogens (tertiary/aromatic N) is 2. The van der Waals surface area contributed by atoms with Gasteiger partial charge in [-0.15, -0.1) is 0 Å². The third kappa shape index (κ3) is 3.86. The Balaban J connectivity index is 1.43. The third-order valence-electron chi connectivity index (χ3n) is 5.77. The second kappa shape index (κ2) is 7.42. The molecule has 9 nitrogen and oxygen atoms in total. The second-order valence-electron chi connectivity index (χ2n) is 7.66. The number of carbonyl (C=O) groups excluding carboxylic acids is 3. The minimum Gasteiger partial charge on any atom is -0.378 e. The fraction of sp³-hybridized carbons (Fsp3) is 0.526. The van der Waals surface area contributed by atoms with Gasteiger partial charge in [-0.3, -0.25) is 14.5 Å². The summed E-state index contributed by atoms with van der Waals surface area (Å²) >= 11 is 0. The molecule has 0 atom stereocenters. The zero-order valence-electron chi connectivity index (χ0n) is 15.9. The molecule has 29 heavy (non-hydrogen) atoms. The molecule has 0 saturated carbocycles. The molecule has 3 heterocycles. The monoisotopic (exact) mass is 421 g/mol. The van der Waals surface area contributed by atoms with Gasteiger partial charge in [0, 0.05) is 18.7 Å². The Morgan fingerprint density at radius 2 is 1.69 bits per heavy atom. The highest BCUT2D eigenvalue weighted by Crippen LogP contribution is 2.31. The Morgan fingerprint density at radius 1 is 1.07 bits per heavy atom. The van der Waals surface area contributed by atoms with Gasteiger partial charge in [-0.2, -0.15) is 0 Å². The SMILES string of the molecule is O=C(c1ccc(CN2C(=O)NC3(CCS(=O)(=O)CC3)C2=O)cc1)N1CCOCC1. The van der Waals surface area contributed by atoms with Crippen molar-refractivity contribution in [1.82, 2.24) is 15.1 Å². The van der Waals surface area contributed by atoms with Gasteiger partial charge >= 0.3 is 6.03 Å². The summed E-state index contributed by atoms with van der Waals surface area (Å²) in [6.07, 6.45) is 0.201. The summed E-state index contributed by atoms with van der Waals surface area (Å²) in [7, 11) is -3.15. The first-order valence-corrected chi connectivity index (χ1v) is 11.4. The number of hydrogen-bond donors (Lipinski definition) is 1. The Labute approximate surface area is 168 Å². The molecule has 0 aromatic heterocycles. The number of morpholine rings is 1. The molecule has 1 spiro atoms. The fourth-order valence-electron chi connectivity index (χ4n) is 3.93. The van der Waals surface area contributed by atoms with Crippen molar-refractivity contribution in [1.29, 1.82) is 0 Å². The van der Waals surface area contributed by atoms with Gasteiger partial charge in [-0.1, -0.05) is 12.1 Å². The van der Waals surface area contributed by atoms with Gasteiger partial charge in [0.15, 0.2) is 9.84 Å². The molecule has 1 aromatic rings. The molecule has 156 valence electrons. The molecule has 3 fully saturated rings. The van der Waals surface area contributed by atoms with Gasteiger partial charge in [0.05, 0.1) is 31.3 Å². The lowest BCUT2D eigenvalue weighted by Crippen LogP contribution is -2.52. The highest BCUT2D eigenvalue weighted by atomic mass is 32.2. The highest BCUT2D eigenvalue weighted by molar-refractivity contribution is 7.91. The number of urea groups is 1. The van der Waals surface area contributed by atoms with Crippen LogP contribution in [-0.4, -0.2) is 79.4 Å². The Hall–Kier alpha value is -2.46. The average Bonchev–Trinajstić information content (AvgIpc) is 2.95.